The van der Waals surface area contributed by atoms with E-state index in [0.717, 1.165) is 40.7 Å². The van der Waals surface area contributed by atoms with Crippen LogP contribution in [0.15, 0.2) is 77.7 Å². The summed E-state index contributed by atoms with van der Waals surface area (Å²) >= 11 is 0. The monoisotopic (exact) mass is 448 g/mol. The maximum atomic E-state index is 13.3. The number of anilines is 1. The van der Waals surface area contributed by atoms with Gasteiger partial charge in [0.25, 0.3) is 10.0 Å². The number of rotatable bonds is 7. The average Bonchev–Trinajstić information content (AvgIpc) is 2.73. The predicted molar refractivity (Wildman–Crippen MR) is 110 cm³/mol. The van der Waals surface area contributed by atoms with Crippen molar-refractivity contribution >= 4 is 21.6 Å². The summed E-state index contributed by atoms with van der Waals surface area (Å²) < 4.78 is 66.8. The van der Waals surface area contributed by atoms with Gasteiger partial charge in [0.2, 0.25) is 5.91 Å². The summed E-state index contributed by atoms with van der Waals surface area (Å²) in [7, 11) is -4.25. The Morgan fingerprint density at radius 2 is 1.29 bits per heavy atom. The topological polar surface area (TPSA) is 66.5 Å². The Hall–Kier alpha value is -3.33. The van der Waals surface area contributed by atoms with Gasteiger partial charge in [0.15, 0.2) is 0 Å². The number of halogens is 3. The van der Waals surface area contributed by atoms with Gasteiger partial charge in [-0.25, -0.2) is 21.6 Å². The molecule has 0 aliphatic carbocycles. The van der Waals surface area contributed by atoms with Crippen LogP contribution in [-0.2, 0) is 14.8 Å². The molecular weight excluding hydrogens is 429 g/mol. The quantitative estimate of drug-likeness (QED) is 0.590. The molecule has 31 heavy (non-hydrogen) atoms. The third-order valence-electron chi connectivity index (χ3n) is 4.55. The lowest BCUT2D eigenvalue weighted by Gasteiger charge is -2.25. The molecule has 0 unspecified atom stereocenters. The van der Waals surface area contributed by atoms with E-state index in [1.54, 1.807) is 6.92 Å². The Balaban J connectivity index is 1.87. The highest BCUT2D eigenvalue weighted by Crippen LogP contribution is 2.24. The predicted octanol–water partition coefficient (Wildman–Crippen LogP) is 4.18. The van der Waals surface area contributed by atoms with Crippen LogP contribution in [0.25, 0.3) is 0 Å². The molecule has 3 aromatic carbocycles. The second kappa shape index (κ2) is 9.22. The zero-order valence-corrected chi connectivity index (χ0v) is 17.2. The van der Waals surface area contributed by atoms with Crippen LogP contribution in [0.3, 0.4) is 0 Å². The lowest BCUT2D eigenvalue weighted by Crippen LogP contribution is -2.41. The summed E-state index contributed by atoms with van der Waals surface area (Å²) in [5.74, 6) is -2.24. The van der Waals surface area contributed by atoms with Crippen LogP contribution in [0.2, 0.25) is 0 Å². The van der Waals surface area contributed by atoms with Crippen LogP contribution in [-0.4, -0.2) is 20.9 Å². The van der Waals surface area contributed by atoms with Gasteiger partial charge in [0.1, 0.15) is 24.0 Å². The molecule has 1 N–H and O–H groups in total. The second-order valence-corrected chi connectivity index (χ2v) is 8.65. The van der Waals surface area contributed by atoms with Crippen LogP contribution in [0.1, 0.15) is 18.5 Å². The van der Waals surface area contributed by atoms with Gasteiger partial charge in [0.05, 0.1) is 16.6 Å². The smallest absolute Gasteiger partial charge is 0.264 e. The van der Waals surface area contributed by atoms with Crippen LogP contribution in [0.4, 0.5) is 18.9 Å². The van der Waals surface area contributed by atoms with Gasteiger partial charge in [0, 0.05) is 0 Å². The van der Waals surface area contributed by atoms with Gasteiger partial charge in [-0.05, 0) is 73.2 Å². The molecule has 1 atom stereocenters. The van der Waals surface area contributed by atoms with Crippen molar-refractivity contribution in [1.29, 1.82) is 0 Å². The summed E-state index contributed by atoms with van der Waals surface area (Å²) in [5, 5.41) is 2.66. The Kier molecular flexibility index (Phi) is 6.65. The maximum Gasteiger partial charge on any atom is 0.264 e. The molecule has 1 amide bonds. The molecular formula is C22H19F3N2O3S. The first kappa shape index (κ1) is 22.4. The first-order valence-electron chi connectivity index (χ1n) is 9.25. The molecule has 9 heteroatoms. The van der Waals surface area contributed by atoms with Crippen molar-refractivity contribution in [1.82, 2.24) is 5.32 Å². The van der Waals surface area contributed by atoms with E-state index in [1.165, 1.54) is 36.4 Å². The maximum absolute atomic E-state index is 13.3. The molecule has 0 radical (unpaired) electrons. The molecule has 0 aliphatic rings. The number of nitrogens with one attached hydrogen (secondary N) is 1. The Morgan fingerprint density at radius 1 is 0.839 bits per heavy atom. The summed E-state index contributed by atoms with van der Waals surface area (Å²) in [4.78, 5) is 12.4. The van der Waals surface area contributed by atoms with Gasteiger partial charge < -0.3 is 5.32 Å². The van der Waals surface area contributed by atoms with Crippen molar-refractivity contribution in [3.63, 3.8) is 0 Å². The highest BCUT2D eigenvalue weighted by molar-refractivity contribution is 7.92. The molecule has 3 aromatic rings. The Morgan fingerprint density at radius 3 is 1.81 bits per heavy atom. The molecule has 0 aliphatic heterocycles. The number of sulfonamides is 1. The van der Waals surface area contributed by atoms with E-state index in [4.69, 9.17) is 0 Å². The fourth-order valence-electron chi connectivity index (χ4n) is 2.91. The minimum Gasteiger partial charge on any atom is -0.348 e. The van der Waals surface area contributed by atoms with E-state index in [-0.39, 0.29) is 10.6 Å². The molecule has 5 nitrogen and oxygen atoms in total. The first-order valence-corrected chi connectivity index (χ1v) is 10.7. The van der Waals surface area contributed by atoms with Gasteiger partial charge in [-0.1, -0.05) is 12.1 Å². The highest BCUT2D eigenvalue weighted by atomic mass is 32.2. The first-order chi connectivity index (χ1) is 14.7. The summed E-state index contributed by atoms with van der Waals surface area (Å²) in [6, 6.07) is 13.8. The van der Waals surface area contributed by atoms with E-state index < -0.39 is 46.0 Å². The standard InChI is InChI=1S/C22H19F3N2O3S/c1-15(16-2-4-17(23)5-3-16)26-22(28)14-27(20-10-6-18(24)7-11-20)31(29,30)21-12-8-19(25)9-13-21/h2-13,15H,14H2,1H3,(H,26,28)/t15-/m0/s1. The lowest BCUT2D eigenvalue weighted by atomic mass is 10.1. The van der Waals surface area contributed by atoms with Gasteiger partial charge >= 0.3 is 0 Å². The molecule has 3 rings (SSSR count). The summed E-state index contributed by atoms with van der Waals surface area (Å²) in [6.07, 6.45) is 0. The molecule has 0 saturated carbocycles. The van der Waals surface area contributed by atoms with Gasteiger partial charge in [-0.2, -0.15) is 0 Å². The largest absolute Gasteiger partial charge is 0.348 e. The van der Waals surface area contributed by atoms with Crippen LogP contribution >= 0.6 is 0 Å². The number of nitrogens with zero attached hydrogens (tertiary/aromatic N) is 1. The van der Waals surface area contributed by atoms with Gasteiger partial charge in [-0.15, -0.1) is 0 Å². The SMILES string of the molecule is C[C@H](NC(=O)CN(c1ccc(F)cc1)S(=O)(=O)c1ccc(F)cc1)c1ccc(F)cc1. The zero-order valence-electron chi connectivity index (χ0n) is 16.4. The minimum atomic E-state index is -4.25. The van der Waals surface area contributed by atoms with Crippen LogP contribution in [0.5, 0.6) is 0 Å². The van der Waals surface area contributed by atoms with Crippen molar-refractivity contribution in [3.05, 3.63) is 95.8 Å². The van der Waals surface area contributed by atoms with Gasteiger partial charge in [-0.3, -0.25) is 9.10 Å². The molecule has 0 saturated heterocycles. The van der Waals surface area contributed by atoms with E-state index in [2.05, 4.69) is 5.32 Å². The van der Waals surface area contributed by atoms with Crippen LogP contribution < -0.4 is 9.62 Å². The molecule has 0 bridgehead atoms. The van der Waals surface area contributed by atoms with E-state index in [9.17, 15) is 26.4 Å². The van der Waals surface area contributed by atoms with Crippen molar-refractivity contribution in [2.75, 3.05) is 10.8 Å². The average molecular weight is 448 g/mol. The molecule has 0 heterocycles. The minimum absolute atomic E-state index is 0.0651. The lowest BCUT2D eigenvalue weighted by molar-refractivity contribution is -0.120. The molecule has 0 aromatic heterocycles. The van der Waals surface area contributed by atoms with E-state index in [0.29, 0.717) is 5.56 Å². The summed E-state index contributed by atoms with van der Waals surface area (Å²) in [5.41, 5.74) is 0.694. The van der Waals surface area contributed by atoms with E-state index in [1.807, 2.05) is 0 Å². The van der Waals surface area contributed by atoms with Crippen molar-refractivity contribution < 1.29 is 26.4 Å². The van der Waals surface area contributed by atoms with Crippen LogP contribution in [0, 0.1) is 17.5 Å². The molecule has 0 fully saturated rings. The number of carbonyl (C=O) groups excluding carboxylic acids is 1. The number of hydrogen-bond acceptors (Lipinski definition) is 3. The normalized spacial score (nSPS) is 12.3. The van der Waals surface area contributed by atoms with Crippen molar-refractivity contribution in [2.45, 2.75) is 17.9 Å². The van der Waals surface area contributed by atoms with E-state index >= 15 is 0 Å². The molecule has 0 spiro atoms. The Bertz CT molecular complexity index is 1150. The number of amides is 1. The number of carbonyl (C=O) groups is 1. The van der Waals surface area contributed by atoms with Crippen molar-refractivity contribution in [3.8, 4) is 0 Å². The third-order valence-corrected chi connectivity index (χ3v) is 6.34. The van der Waals surface area contributed by atoms with Crippen molar-refractivity contribution in [2.24, 2.45) is 0 Å². The third kappa shape index (κ3) is 5.43. The number of benzene rings is 3. The molecule has 162 valence electrons. The fourth-order valence-corrected chi connectivity index (χ4v) is 4.33. The fraction of sp³-hybridized carbons (Fsp3) is 0.136. The highest BCUT2D eigenvalue weighted by Gasteiger charge is 2.28. The second-order valence-electron chi connectivity index (χ2n) is 6.78. The Labute approximate surface area is 178 Å². The number of hydrogen-bond donors (Lipinski definition) is 1. The summed E-state index contributed by atoms with van der Waals surface area (Å²) in [6.45, 7) is 1.07. The zero-order chi connectivity index (χ0) is 22.6.